The molecular formula is C13H25N. The lowest BCUT2D eigenvalue weighted by Gasteiger charge is -2.44. The van der Waals surface area contributed by atoms with Crippen LogP contribution in [0.15, 0.2) is 0 Å². The van der Waals surface area contributed by atoms with Crippen molar-refractivity contribution < 1.29 is 0 Å². The van der Waals surface area contributed by atoms with Crippen molar-refractivity contribution in [2.24, 2.45) is 5.41 Å². The largest absolute Gasteiger partial charge is 0.297 e. The SMILES string of the molecule is CCC(C)(C)[C@@H]1CCCN1C1CCC1. The number of hydrogen-bond acceptors (Lipinski definition) is 1. The zero-order valence-corrected chi connectivity index (χ0v) is 10.1. The van der Waals surface area contributed by atoms with Gasteiger partial charge in [-0.25, -0.2) is 0 Å². The van der Waals surface area contributed by atoms with Crippen LogP contribution in [0.25, 0.3) is 0 Å². The molecular weight excluding hydrogens is 170 g/mol. The van der Waals surface area contributed by atoms with Gasteiger partial charge in [-0.3, -0.25) is 4.90 Å². The molecule has 0 aromatic carbocycles. The summed E-state index contributed by atoms with van der Waals surface area (Å²) in [5.41, 5.74) is 0.534. The highest BCUT2D eigenvalue weighted by Gasteiger charge is 2.40. The number of likely N-dealkylation sites (tertiary alicyclic amines) is 1. The van der Waals surface area contributed by atoms with Gasteiger partial charge >= 0.3 is 0 Å². The van der Waals surface area contributed by atoms with Gasteiger partial charge in [0.1, 0.15) is 0 Å². The third-order valence-corrected chi connectivity index (χ3v) is 4.65. The van der Waals surface area contributed by atoms with E-state index in [0.717, 1.165) is 12.1 Å². The second-order valence-corrected chi connectivity index (χ2v) is 5.82. The molecule has 14 heavy (non-hydrogen) atoms. The zero-order valence-electron chi connectivity index (χ0n) is 10.1. The average Bonchev–Trinajstić information content (AvgIpc) is 2.50. The third-order valence-electron chi connectivity index (χ3n) is 4.65. The van der Waals surface area contributed by atoms with E-state index >= 15 is 0 Å². The summed E-state index contributed by atoms with van der Waals surface area (Å²) in [5, 5.41) is 0. The van der Waals surface area contributed by atoms with E-state index in [1.165, 1.54) is 45.1 Å². The predicted molar refractivity (Wildman–Crippen MR) is 61.4 cm³/mol. The molecule has 1 aliphatic carbocycles. The second-order valence-electron chi connectivity index (χ2n) is 5.82. The molecule has 1 atom stereocenters. The van der Waals surface area contributed by atoms with Crippen molar-refractivity contribution in [2.45, 2.75) is 71.4 Å². The Morgan fingerprint density at radius 2 is 1.86 bits per heavy atom. The van der Waals surface area contributed by atoms with Crippen molar-refractivity contribution in [3.05, 3.63) is 0 Å². The first kappa shape index (κ1) is 10.5. The van der Waals surface area contributed by atoms with Gasteiger partial charge in [0.25, 0.3) is 0 Å². The quantitative estimate of drug-likeness (QED) is 0.667. The first-order valence-electron chi connectivity index (χ1n) is 6.41. The van der Waals surface area contributed by atoms with Crippen LogP contribution in [0.4, 0.5) is 0 Å². The molecule has 0 unspecified atom stereocenters. The van der Waals surface area contributed by atoms with Crippen LogP contribution >= 0.6 is 0 Å². The number of rotatable bonds is 3. The number of hydrogen-bond donors (Lipinski definition) is 0. The Balaban J connectivity index is 2.02. The number of nitrogens with zero attached hydrogens (tertiary/aromatic N) is 1. The molecule has 2 fully saturated rings. The van der Waals surface area contributed by atoms with Crippen molar-refractivity contribution >= 4 is 0 Å². The molecule has 1 nitrogen and oxygen atoms in total. The molecule has 0 aromatic heterocycles. The van der Waals surface area contributed by atoms with E-state index in [9.17, 15) is 0 Å². The Morgan fingerprint density at radius 3 is 2.36 bits per heavy atom. The molecule has 82 valence electrons. The normalized spacial score (nSPS) is 30.6. The van der Waals surface area contributed by atoms with Gasteiger partial charge in [-0.15, -0.1) is 0 Å². The van der Waals surface area contributed by atoms with Crippen LogP contribution in [0.1, 0.15) is 59.3 Å². The minimum absolute atomic E-state index is 0.534. The summed E-state index contributed by atoms with van der Waals surface area (Å²) in [6, 6.07) is 1.83. The fraction of sp³-hybridized carbons (Fsp3) is 1.00. The molecule has 1 heterocycles. The molecule has 2 aliphatic rings. The molecule has 1 saturated carbocycles. The monoisotopic (exact) mass is 195 g/mol. The predicted octanol–water partition coefficient (Wildman–Crippen LogP) is 3.44. The molecule has 1 aliphatic heterocycles. The standard InChI is InChI=1S/C13H25N/c1-4-13(2,3)12-9-6-10-14(12)11-7-5-8-11/h11-12H,4-10H2,1-3H3/t12-/m0/s1. The lowest BCUT2D eigenvalue weighted by atomic mass is 9.79. The van der Waals surface area contributed by atoms with Crippen LogP contribution in [0.5, 0.6) is 0 Å². The summed E-state index contributed by atoms with van der Waals surface area (Å²) in [6.07, 6.45) is 8.61. The van der Waals surface area contributed by atoms with Crippen LogP contribution in [-0.4, -0.2) is 23.5 Å². The lowest BCUT2D eigenvalue weighted by molar-refractivity contribution is 0.0479. The van der Waals surface area contributed by atoms with Gasteiger partial charge in [-0.05, 0) is 44.1 Å². The Labute approximate surface area is 88.9 Å². The van der Waals surface area contributed by atoms with Crippen molar-refractivity contribution in [2.75, 3.05) is 6.54 Å². The summed E-state index contributed by atoms with van der Waals surface area (Å²) in [7, 11) is 0. The lowest BCUT2D eigenvalue weighted by Crippen LogP contribution is -2.48. The van der Waals surface area contributed by atoms with Crippen LogP contribution < -0.4 is 0 Å². The van der Waals surface area contributed by atoms with Crippen LogP contribution in [0, 0.1) is 5.41 Å². The van der Waals surface area contributed by atoms with Crippen molar-refractivity contribution in [3.8, 4) is 0 Å². The fourth-order valence-corrected chi connectivity index (χ4v) is 3.02. The molecule has 0 N–H and O–H groups in total. The smallest absolute Gasteiger partial charge is 0.0150 e. The molecule has 0 amide bonds. The fourth-order valence-electron chi connectivity index (χ4n) is 3.02. The van der Waals surface area contributed by atoms with E-state index in [1.54, 1.807) is 0 Å². The van der Waals surface area contributed by atoms with E-state index in [2.05, 4.69) is 25.7 Å². The van der Waals surface area contributed by atoms with E-state index in [4.69, 9.17) is 0 Å². The maximum atomic E-state index is 2.83. The first-order valence-corrected chi connectivity index (χ1v) is 6.41. The Hall–Kier alpha value is -0.0400. The maximum Gasteiger partial charge on any atom is 0.0150 e. The molecule has 0 radical (unpaired) electrons. The summed E-state index contributed by atoms with van der Waals surface area (Å²) in [6.45, 7) is 8.62. The van der Waals surface area contributed by atoms with Gasteiger partial charge in [0.15, 0.2) is 0 Å². The Bertz CT molecular complexity index is 193. The summed E-state index contributed by atoms with van der Waals surface area (Å²) < 4.78 is 0. The van der Waals surface area contributed by atoms with Gasteiger partial charge in [0.05, 0.1) is 0 Å². The summed E-state index contributed by atoms with van der Waals surface area (Å²) in [4.78, 5) is 2.83. The molecule has 0 bridgehead atoms. The van der Waals surface area contributed by atoms with E-state index in [-0.39, 0.29) is 0 Å². The highest BCUT2D eigenvalue weighted by atomic mass is 15.2. The third kappa shape index (κ3) is 1.71. The Kier molecular flexibility index (Phi) is 2.88. The van der Waals surface area contributed by atoms with Crippen LogP contribution in [0.2, 0.25) is 0 Å². The highest BCUT2D eigenvalue weighted by molar-refractivity contribution is 4.95. The minimum Gasteiger partial charge on any atom is -0.297 e. The second kappa shape index (κ2) is 3.84. The maximum absolute atomic E-state index is 2.83. The van der Waals surface area contributed by atoms with Crippen LogP contribution in [-0.2, 0) is 0 Å². The van der Waals surface area contributed by atoms with Crippen LogP contribution in [0.3, 0.4) is 0 Å². The van der Waals surface area contributed by atoms with Gasteiger partial charge < -0.3 is 0 Å². The molecule has 0 spiro atoms. The topological polar surface area (TPSA) is 3.24 Å². The van der Waals surface area contributed by atoms with Crippen molar-refractivity contribution in [1.29, 1.82) is 0 Å². The Morgan fingerprint density at radius 1 is 1.14 bits per heavy atom. The van der Waals surface area contributed by atoms with E-state index < -0.39 is 0 Å². The minimum atomic E-state index is 0.534. The van der Waals surface area contributed by atoms with Gasteiger partial charge in [-0.1, -0.05) is 27.2 Å². The summed E-state index contributed by atoms with van der Waals surface area (Å²) >= 11 is 0. The van der Waals surface area contributed by atoms with E-state index in [1.807, 2.05) is 0 Å². The average molecular weight is 195 g/mol. The van der Waals surface area contributed by atoms with Crippen molar-refractivity contribution in [1.82, 2.24) is 4.90 Å². The van der Waals surface area contributed by atoms with Crippen molar-refractivity contribution in [3.63, 3.8) is 0 Å². The van der Waals surface area contributed by atoms with Gasteiger partial charge in [0.2, 0.25) is 0 Å². The summed E-state index contributed by atoms with van der Waals surface area (Å²) in [5.74, 6) is 0. The van der Waals surface area contributed by atoms with E-state index in [0.29, 0.717) is 5.41 Å². The zero-order chi connectivity index (χ0) is 10.2. The highest BCUT2D eigenvalue weighted by Crippen LogP contribution is 2.40. The van der Waals surface area contributed by atoms with Gasteiger partial charge in [0, 0.05) is 12.1 Å². The molecule has 1 saturated heterocycles. The van der Waals surface area contributed by atoms with Gasteiger partial charge in [-0.2, -0.15) is 0 Å². The first-order chi connectivity index (χ1) is 6.65. The molecule has 1 heteroatoms. The molecule has 2 rings (SSSR count). The molecule has 0 aromatic rings.